The van der Waals surface area contributed by atoms with Crippen LogP contribution in [0.25, 0.3) is 11.8 Å². The van der Waals surface area contributed by atoms with Crippen LogP contribution in [0.5, 0.6) is 0 Å². The number of aromatic nitrogens is 4. The minimum absolute atomic E-state index is 0.579. The first-order valence-corrected chi connectivity index (χ1v) is 7.05. The van der Waals surface area contributed by atoms with Gasteiger partial charge in [0.15, 0.2) is 5.82 Å². The third-order valence-corrected chi connectivity index (χ3v) is 3.29. The Kier molecular flexibility index (Phi) is 4.11. The van der Waals surface area contributed by atoms with Crippen molar-refractivity contribution in [2.75, 3.05) is 5.32 Å². The van der Waals surface area contributed by atoms with Gasteiger partial charge in [0.05, 0.1) is 16.9 Å². The van der Waals surface area contributed by atoms with E-state index in [1.165, 1.54) is 5.56 Å². The van der Waals surface area contributed by atoms with Crippen molar-refractivity contribution in [1.29, 1.82) is 5.26 Å². The van der Waals surface area contributed by atoms with Gasteiger partial charge >= 0.3 is 0 Å². The minimum atomic E-state index is 0.579. The lowest BCUT2D eigenvalue weighted by Gasteiger charge is -2.03. The normalized spacial score (nSPS) is 10.6. The molecule has 0 saturated carbocycles. The fourth-order valence-electron chi connectivity index (χ4n) is 2.08. The number of para-hydroxylation sites is 1. The second-order valence-corrected chi connectivity index (χ2v) is 4.92. The Morgan fingerprint density at radius 1 is 1.13 bits per heavy atom. The quantitative estimate of drug-likeness (QED) is 0.801. The van der Waals surface area contributed by atoms with Crippen molar-refractivity contribution in [3.8, 4) is 11.8 Å². The Balaban J connectivity index is 1.80. The van der Waals surface area contributed by atoms with Crippen LogP contribution < -0.4 is 5.32 Å². The van der Waals surface area contributed by atoms with Crippen molar-refractivity contribution in [2.45, 2.75) is 6.92 Å². The topological polar surface area (TPSA) is 79.4 Å². The molecule has 0 spiro atoms. The third-order valence-electron chi connectivity index (χ3n) is 3.29. The summed E-state index contributed by atoms with van der Waals surface area (Å²) in [4.78, 5) is 0. The lowest BCUT2D eigenvalue weighted by Crippen LogP contribution is -2.00. The highest BCUT2D eigenvalue weighted by Crippen LogP contribution is 2.14. The van der Waals surface area contributed by atoms with Gasteiger partial charge in [-0.25, -0.2) is 0 Å². The monoisotopic (exact) mass is 302 g/mol. The van der Waals surface area contributed by atoms with Crippen molar-refractivity contribution < 1.29 is 0 Å². The van der Waals surface area contributed by atoms with Gasteiger partial charge in [0.2, 0.25) is 0 Å². The van der Waals surface area contributed by atoms with Gasteiger partial charge in [0, 0.05) is 12.3 Å². The van der Waals surface area contributed by atoms with Crippen molar-refractivity contribution in [2.24, 2.45) is 0 Å². The maximum absolute atomic E-state index is 9.07. The zero-order valence-corrected chi connectivity index (χ0v) is 12.5. The van der Waals surface area contributed by atoms with Crippen molar-refractivity contribution in [1.82, 2.24) is 20.2 Å². The van der Waals surface area contributed by atoms with E-state index in [-0.39, 0.29) is 0 Å². The summed E-state index contributed by atoms with van der Waals surface area (Å²) >= 11 is 0. The second kappa shape index (κ2) is 6.54. The molecule has 1 heterocycles. The van der Waals surface area contributed by atoms with E-state index in [0.29, 0.717) is 11.4 Å². The number of nitrogens with one attached hydrogen (secondary N) is 1. The second-order valence-electron chi connectivity index (χ2n) is 4.92. The first-order chi connectivity index (χ1) is 11.3. The minimum Gasteiger partial charge on any atom is -0.360 e. The summed E-state index contributed by atoms with van der Waals surface area (Å²) in [5, 5.41) is 23.9. The molecule has 6 nitrogen and oxygen atoms in total. The summed E-state index contributed by atoms with van der Waals surface area (Å²) in [7, 11) is 0. The predicted octanol–water partition coefficient (Wildman–Crippen LogP) is 2.93. The number of nitriles is 1. The van der Waals surface area contributed by atoms with Gasteiger partial charge in [-0.3, -0.25) is 0 Å². The molecule has 0 unspecified atom stereocenters. The van der Waals surface area contributed by atoms with Crippen LogP contribution in [0.2, 0.25) is 0 Å². The van der Waals surface area contributed by atoms with Crippen LogP contribution in [0, 0.1) is 18.3 Å². The molecule has 0 amide bonds. The highest BCUT2D eigenvalue weighted by Gasteiger charge is 2.05. The van der Waals surface area contributed by atoms with E-state index in [0.717, 1.165) is 11.4 Å². The number of hydrogen-bond acceptors (Lipinski definition) is 5. The predicted molar refractivity (Wildman–Crippen MR) is 87.7 cm³/mol. The molecule has 3 rings (SSSR count). The SMILES string of the molecule is Cc1ccc(-n2nnnc2C=CNc2ccccc2C#N)cc1. The molecule has 0 aliphatic heterocycles. The number of hydrogen-bond donors (Lipinski definition) is 1. The van der Waals surface area contributed by atoms with Crippen LogP contribution in [0.4, 0.5) is 5.69 Å². The van der Waals surface area contributed by atoms with Crippen LogP contribution in [-0.2, 0) is 0 Å². The zero-order valence-electron chi connectivity index (χ0n) is 12.5. The van der Waals surface area contributed by atoms with Crippen molar-refractivity contribution in [3.63, 3.8) is 0 Å². The van der Waals surface area contributed by atoms with Gasteiger partial charge in [-0.1, -0.05) is 29.8 Å². The fourth-order valence-corrected chi connectivity index (χ4v) is 2.08. The highest BCUT2D eigenvalue weighted by atomic mass is 15.5. The van der Waals surface area contributed by atoms with Gasteiger partial charge in [-0.2, -0.15) is 9.94 Å². The molecular weight excluding hydrogens is 288 g/mol. The highest BCUT2D eigenvalue weighted by molar-refractivity contribution is 5.60. The van der Waals surface area contributed by atoms with Crippen LogP contribution in [0.3, 0.4) is 0 Å². The van der Waals surface area contributed by atoms with E-state index in [9.17, 15) is 0 Å². The summed E-state index contributed by atoms with van der Waals surface area (Å²) in [6.45, 7) is 2.03. The molecule has 0 bridgehead atoms. The standard InChI is InChI=1S/C17H14N6/c1-13-6-8-15(9-7-13)23-17(20-21-22-23)10-11-19-16-5-3-2-4-14(16)12-18/h2-11,19H,1H3. The molecule has 6 heteroatoms. The summed E-state index contributed by atoms with van der Waals surface area (Å²) in [5.74, 6) is 0.593. The zero-order chi connectivity index (χ0) is 16.1. The molecule has 0 fully saturated rings. The van der Waals surface area contributed by atoms with E-state index < -0.39 is 0 Å². The van der Waals surface area contributed by atoms with Crippen molar-refractivity contribution in [3.05, 3.63) is 71.7 Å². The van der Waals surface area contributed by atoms with Gasteiger partial charge in [0.1, 0.15) is 6.07 Å². The molecule has 0 saturated heterocycles. The molecular formula is C17H14N6. The van der Waals surface area contributed by atoms with Crippen LogP contribution >= 0.6 is 0 Å². The molecule has 0 radical (unpaired) electrons. The summed E-state index contributed by atoms with van der Waals surface area (Å²) in [5.41, 5.74) is 3.38. The molecule has 1 N–H and O–H groups in total. The summed E-state index contributed by atoms with van der Waals surface area (Å²) in [6, 6.07) is 17.4. The molecule has 23 heavy (non-hydrogen) atoms. The lowest BCUT2D eigenvalue weighted by atomic mass is 10.2. The van der Waals surface area contributed by atoms with Crippen molar-refractivity contribution >= 4 is 11.8 Å². The number of rotatable bonds is 4. The Hall–Kier alpha value is -3.46. The average molecular weight is 302 g/mol. The van der Waals surface area contributed by atoms with E-state index in [1.807, 2.05) is 49.4 Å². The van der Waals surface area contributed by atoms with Gasteiger partial charge < -0.3 is 5.32 Å². The first kappa shape index (κ1) is 14.5. The average Bonchev–Trinajstić information content (AvgIpc) is 3.04. The van der Waals surface area contributed by atoms with Gasteiger partial charge in [-0.05, 0) is 41.6 Å². The molecule has 0 atom stereocenters. The maximum Gasteiger partial charge on any atom is 0.181 e. The Labute approximate surface area is 133 Å². The fraction of sp³-hybridized carbons (Fsp3) is 0.0588. The summed E-state index contributed by atoms with van der Waals surface area (Å²) < 4.78 is 1.65. The number of aryl methyl sites for hydroxylation is 1. The van der Waals surface area contributed by atoms with E-state index >= 15 is 0 Å². The molecule has 1 aromatic heterocycles. The largest absolute Gasteiger partial charge is 0.360 e. The first-order valence-electron chi connectivity index (χ1n) is 7.05. The number of nitrogens with zero attached hydrogens (tertiary/aromatic N) is 5. The Morgan fingerprint density at radius 3 is 2.70 bits per heavy atom. The Morgan fingerprint density at radius 2 is 1.91 bits per heavy atom. The van der Waals surface area contributed by atoms with Gasteiger partial charge in [-0.15, -0.1) is 5.10 Å². The molecule has 0 aliphatic carbocycles. The number of benzene rings is 2. The smallest absolute Gasteiger partial charge is 0.181 e. The van der Waals surface area contributed by atoms with E-state index in [2.05, 4.69) is 26.9 Å². The number of anilines is 1. The molecule has 2 aromatic carbocycles. The van der Waals surface area contributed by atoms with E-state index in [4.69, 9.17) is 5.26 Å². The molecule has 0 aliphatic rings. The third kappa shape index (κ3) is 3.24. The van der Waals surface area contributed by atoms with E-state index in [1.54, 1.807) is 23.0 Å². The molecule has 3 aromatic rings. The molecule has 112 valence electrons. The van der Waals surface area contributed by atoms with Crippen LogP contribution in [-0.4, -0.2) is 20.2 Å². The summed E-state index contributed by atoms with van der Waals surface area (Å²) in [6.07, 6.45) is 3.47. The van der Waals surface area contributed by atoms with Crippen LogP contribution in [0.15, 0.2) is 54.7 Å². The number of tetrazole rings is 1. The lowest BCUT2D eigenvalue weighted by molar-refractivity contribution is 0.786. The maximum atomic E-state index is 9.07. The van der Waals surface area contributed by atoms with Gasteiger partial charge in [0.25, 0.3) is 0 Å². The van der Waals surface area contributed by atoms with Crippen LogP contribution in [0.1, 0.15) is 17.0 Å². The Bertz CT molecular complexity index is 871.